The average Bonchev–Trinajstić information content (AvgIpc) is 2.53. The number of urea groups is 1. The summed E-state index contributed by atoms with van der Waals surface area (Å²) in [6, 6.07) is 7.49. The van der Waals surface area contributed by atoms with Gasteiger partial charge in [-0.05, 0) is 37.8 Å². The van der Waals surface area contributed by atoms with Crippen LogP contribution in [0.5, 0.6) is 0 Å². The Hall–Kier alpha value is -1.40. The molecule has 0 spiro atoms. The van der Waals surface area contributed by atoms with Crippen molar-refractivity contribution < 1.29 is 13.2 Å². The third-order valence-electron chi connectivity index (χ3n) is 3.74. The van der Waals surface area contributed by atoms with Crippen molar-refractivity contribution in [3.63, 3.8) is 0 Å². The molecule has 6 heteroatoms. The minimum absolute atomic E-state index is 0.0300. The molecule has 1 atom stereocenters. The molecule has 1 N–H and O–H groups in total. The van der Waals surface area contributed by atoms with Crippen molar-refractivity contribution in [2.45, 2.75) is 24.7 Å². The maximum Gasteiger partial charge on any atom is 0.317 e. The van der Waals surface area contributed by atoms with Crippen LogP contribution in [0.3, 0.4) is 0 Å². The van der Waals surface area contributed by atoms with E-state index in [0.717, 1.165) is 31.5 Å². The molecule has 1 fully saturated rings. The Labute approximate surface area is 128 Å². The summed E-state index contributed by atoms with van der Waals surface area (Å²) in [4.78, 5) is 14.0. The van der Waals surface area contributed by atoms with Gasteiger partial charge in [0, 0.05) is 20.1 Å². The summed E-state index contributed by atoms with van der Waals surface area (Å²) in [6.07, 6.45) is 1.77. The van der Waals surface area contributed by atoms with E-state index in [4.69, 9.17) is 4.18 Å². The zero-order valence-corrected chi connectivity index (χ0v) is 13.3. The Morgan fingerprint density at radius 3 is 2.52 bits per heavy atom. The van der Waals surface area contributed by atoms with Crippen molar-refractivity contribution in [1.82, 2.24) is 10.2 Å². The van der Waals surface area contributed by atoms with Gasteiger partial charge in [-0.1, -0.05) is 17.7 Å². The van der Waals surface area contributed by atoms with Crippen molar-refractivity contribution in [3.8, 4) is 0 Å². The van der Waals surface area contributed by atoms with Crippen molar-refractivity contribution >= 4 is 17.1 Å². The van der Waals surface area contributed by atoms with Gasteiger partial charge in [0.2, 0.25) is 0 Å². The van der Waals surface area contributed by atoms with E-state index in [-0.39, 0.29) is 6.03 Å². The largest absolute Gasteiger partial charge is 0.341 e. The number of nitrogens with one attached hydrogen (secondary N) is 1. The van der Waals surface area contributed by atoms with E-state index in [1.54, 1.807) is 11.9 Å². The van der Waals surface area contributed by atoms with Crippen LogP contribution in [-0.4, -0.2) is 41.9 Å². The summed E-state index contributed by atoms with van der Waals surface area (Å²) in [7, 11) is 1.64. The van der Waals surface area contributed by atoms with Gasteiger partial charge in [0.15, 0.2) is 11.1 Å². The first-order chi connectivity index (χ1) is 10.1. The molecule has 1 heterocycles. The number of likely N-dealkylation sites (tertiary alicyclic amines) is 1. The Morgan fingerprint density at radius 1 is 1.33 bits per heavy atom. The molecule has 21 heavy (non-hydrogen) atoms. The maximum atomic E-state index is 12.0. The van der Waals surface area contributed by atoms with E-state index in [1.165, 1.54) is 0 Å². The molecule has 1 aliphatic heterocycles. The lowest BCUT2D eigenvalue weighted by Crippen LogP contribution is -2.43. The number of carbonyl (C=O) groups excluding carboxylic acids is 1. The Morgan fingerprint density at radius 2 is 1.95 bits per heavy atom. The second kappa shape index (κ2) is 7.56. The van der Waals surface area contributed by atoms with Crippen molar-refractivity contribution in [2.75, 3.05) is 26.7 Å². The molecule has 1 aromatic carbocycles. The predicted octanol–water partition coefficient (Wildman–Crippen LogP) is 2.09. The lowest BCUT2D eigenvalue weighted by molar-refractivity contribution is 0.151. The fourth-order valence-electron chi connectivity index (χ4n) is 2.34. The minimum Gasteiger partial charge on any atom is -0.341 e. The van der Waals surface area contributed by atoms with Crippen LogP contribution in [0.2, 0.25) is 0 Å². The first kappa shape index (κ1) is 16.0. The Kier molecular flexibility index (Phi) is 5.76. The van der Waals surface area contributed by atoms with Gasteiger partial charge in [0.05, 0.1) is 11.5 Å². The fraction of sp³-hybridized carbons (Fsp3) is 0.533. The number of benzene rings is 1. The number of piperidine rings is 1. The number of aryl methyl sites for hydroxylation is 1. The summed E-state index contributed by atoms with van der Waals surface area (Å²) in [5, 5.41) is 2.63. The average molecular weight is 310 g/mol. The monoisotopic (exact) mass is 310 g/mol. The highest BCUT2D eigenvalue weighted by atomic mass is 32.2. The lowest BCUT2D eigenvalue weighted by atomic mass is 9.98. The van der Waals surface area contributed by atoms with E-state index in [2.05, 4.69) is 5.32 Å². The summed E-state index contributed by atoms with van der Waals surface area (Å²) in [5.74, 6) is 0.361. The van der Waals surface area contributed by atoms with Gasteiger partial charge in [-0.15, -0.1) is 0 Å². The Balaban J connectivity index is 1.75. The third-order valence-corrected chi connectivity index (χ3v) is 4.75. The normalized spacial score (nSPS) is 17.5. The highest BCUT2D eigenvalue weighted by Gasteiger charge is 2.22. The molecule has 1 saturated heterocycles. The van der Waals surface area contributed by atoms with Crippen LogP contribution in [0, 0.1) is 12.8 Å². The zero-order valence-electron chi connectivity index (χ0n) is 12.5. The minimum atomic E-state index is -1.41. The summed E-state index contributed by atoms with van der Waals surface area (Å²) < 4.78 is 17.5. The number of carbonyl (C=O) groups is 1. The van der Waals surface area contributed by atoms with Crippen LogP contribution in [0.1, 0.15) is 18.4 Å². The molecule has 0 radical (unpaired) electrons. The van der Waals surface area contributed by atoms with E-state index in [9.17, 15) is 9.00 Å². The first-order valence-electron chi connectivity index (χ1n) is 7.18. The van der Waals surface area contributed by atoms with Gasteiger partial charge in [-0.3, -0.25) is 4.18 Å². The molecule has 0 aliphatic carbocycles. The second-order valence-corrected chi connectivity index (χ2v) is 6.49. The molecular weight excluding hydrogens is 288 g/mol. The molecule has 2 amide bonds. The highest BCUT2D eigenvalue weighted by Crippen LogP contribution is 2.19. The highest BCUT2D eigenvalue weighted by molar-refractivity contribution is 7.80. The van der Waals surface area contributed by atoms with E-state index in [0.29, 0.717) is 17.4 Å². The maximum absolute atomic E-state index is 12.0. The van der Waals surface area contributed by atoms with E-state index < -0.39 is 11.1 Å². The molecule has 1 unspecified atom stereocenters. The quantitative estimate of drug-likeness (QED) is 0.926. The van der Waals surface area contributed by atoms with Crippen molar-refractivity contribution in [3.05, 3.63) is 29.8 Å². The summed E-state index contributed by atoms with van der Waals surface area (Å²) in [5.41, 5.74) is 1.14. The summed E-state index contributed by atoms with van der Waals surface area (Å²) in [6.45, 7) is 3.92. The Bertz CT molecular complexity index is 496. The van der Waals surface area contributed by atoms with Gasteiger partial charge < -0.3 is 10.2 Å². The number of hydrogen-bond acceptors (Lipinski definition) is 3. The predicted molar refractivity (Wildman–Crippen MR) is 82.3 cm³/mol. The number of rotatable bonds is 4. The van der Waals surface area contributed by atoms with Crippen LogP contribution in [0.25, 0.3) is 0 Å². The first-order valence-corrected chi connectivity index (χ1v) is 8.26. The van der Waals surface area contributed by atoms with Crippen LogP contribution in [0.15, 0.2) is 29.2 Å². The number of hydrogen-bond donors (Lipinski definition) is 1. The lowest BCUT2D eigenvalue weighted by Gasteiger charge is -2.31. The van der Waals surface area contributed by atoms with Crippen LogP contribution >= 0.6 is 0 Å². The van der Waals surface area contributed by atoms with E-state index in [1.807, 2.05) is 31.2 Å². The van der Waals surface area contributed by atoms with Gasteiger partial charge in [0.25, 0.3) is 0 Å². The van der Waals surface area contributed by atoms with Crippen LogP contribution in [0.4, 0.5) is 4.79 Å². The molecule has 0 bridgehead atoms. The van der Waals surface area contributed by atoms with Crippen molar-refractivity contribution in [1.29, 1.82) is 0 Å². The SMILES string of the molecule is CNC(=O)N1CCC(COS(=O)c2ccc(C)cc2)CC1. The molecule has 1 aliphatic rings. The standard InChI is InChI=1S/C15H22N2O3S/c1-12-3-5-14(6-4-12)21(19)20-11-13-7-9-17(10-8-13)15(18)16-2/h3-6,13H,7-11H2,1-2H3,(H,16,18). The molecule has 116 valence electrons. The van der Waals surface area contributed by atoms with Crippen LogP contribution in [-0.2, 0) is 15.3 Å². The molecule has 2 rings (SSSR count). The topological polar surface area (TPSA) is 58.6 Å². The van der Waals surface area contributed by atoms with Gasteiger partial charge >= 0.3 is 6.03 Å². The molecule has 5 nitrogen and oxygen atoms in total. The smallest absolute Gasteiger partial charge is 0.317 e. The fourth-order valence-corrected chi connectivity index (χ4v) is 3.15. The number of nitrogens with zero attached hydrogens (tertiary/aromatic N) is 1. The van der Waals surface area contributed by atoms with Gasteiger partial charge in [0.1, 0.15) is 0 Å². The molecule has 1 aromatic rings. The molecule has 0 aromatic heterocycles. The second-order valence-electron chi connectivity index (χ2n) is 5.32. The van der Waals surface area contributed by atoms with Crippen LogP contribution < -0.4 is 5.32 Å². The van der Waals surface area contributed by atoms with Gasteiger partial charge in [-0.2, -0.15) is 0 Å². The third kappa shape index (κ3) is 4.54. The zero-order chi connectivity index (χ0) is 15.2. The molecular formula is C15H22N2O3S. The number of amides is 2. The van der Waals surface area contributed by atoms with Crippen molar-refractivity contribution in [2.24, 2.45) is 5.92 Å². The van der Waals surface area contributed by atoms with Gasteiger partial charge in [-0.25, -0.2) is 9.00 Å². The molecule has 0 saturated carbocycles. The van der Waals surface area contributed by atoms with E-state index >= 15 is 0 Å². The summed E-state index contributed by atoms with van der Waals surface area (Å²) >= 11 is -1.41.